The van der Waals surface area contributed by atoms with Gasteiger partial charge in [0, 0.05) is 26.3 Å². The van der Waals surface area contributed by atoms with E-state index in [1.807, 2.05) is 31.2 Å². The number of nitrogens with zero attached hydrogens (tertiary/aromatic N) is 2. The second kappa shape index (κ2) is 5.94. The number of nitrogens with one attached hydrogen (secondary N) is 1. The molecule has 0 saturated carbocycles. The highest BCUT2D eigenvalue weighted by atomic mass is 16.2. The summed E-state index contributed by atoms with van der Waals surface area (Å²) in [6, 6.07) is 7.09. The standard InChI is InChI=1S/C15H21N3O2/c1-11-7-4-5-8-12(11)16-15(20)18-10-6-9-13(18)14(19)17(2)3/h4-5,7-8,13H,6,9-10H2,1-3H3,(H,16,20)/t13-/m0/s1. The third-order valence-corrected chi connectivity index (χ3v) is 3.63. The highest BCUT2D eigenvalue weighted by molar-refractivity contribution is 5.94. The van der Waals surface area contributed by atoms with E-state index in [1.54, 1.807) is 23.9 Å². The molecule has 108 valence electrons. The fourth-order valence-electron chi connectivity index (χ4n) is 2.46. The molecule has 0 radical (unpaired) electrons. The number of para-hydroxylation sites is 1. The molecule has 0 bridgehead atoms. The third kappa shape index (κ3) is 2.92. The molecule has 5 heteroatoms. The van der Waals surface area contributed by atoms with E-state index in [-0.39, 0.29) is 18.0 Å². The lowest BCUT2D eigenvalue weighted by molar-refractivity contribution is -0.132. The minimum absolute atomic E-state index is 0.0116. The Balaban J connectivity index is 2.09. The van der Waals surface area contributed by atoms with Crippen LogP contribution < -0.4 is 5.32 Å². The normalized spacial score (nSPS) is 17.9. The molecule has 1 aliphatic heterocycles. The zero-order valence-corrected chi connectivity index (χ0v) is 12.2. The second-order valence-corrected chi connectivity index (χ2v) is 5.33. The molecule has 0 spiro atoms. The van der Waals surface area contributed by atoms with Crippen molar-refractivity contribution in [2.75, 3.05) is 26.0 Å². The number of hydrogen-bond acceptors (Lipinski definition) is 2. The summed E-state index contributed by atoms with van der Waals surface area (Å²) in [6.07, 6.45) is 1.60. The van der Waals surface area contributed by atoms with E-state index in [0.717, 1.165) is 24.1 Å². The molecule has 5 nitrogen and oxygen atoms in total. The Kier molecular flexibility index (Phi) is 4.27. The highest BCUT2D eigenvalue weighted by Gasteiger charge is 2.34. The molecule has 2 rings (SSSR count). The van der Waals surface area contributed by atoms with Gasteiger partial charge in [-0.15, -0.1) is 0 Å². The van der Waals surface area contributed by atoms with Crippen LogP contribution in [0.3, 0.4) is 0 Å². The highest BCUT2D eigenvalue weighted by Crippen LogP contribution is 2.21. The predicted molar refractivity (Wildman–Crippen MR) is 78.6 cm³/mol. The van der Waals surface area contributed by atoms with E-state index >= 15 is 0 Å². The van der Waals surface area contributed by atoms with Crippen molar-refractivity contribution in [3.63, 3.8) is 0 Å². The summed E-state index contributed by atoms with van der Waals surface area (Å²) in [5.74, 6) is -0.0116. The van der Waals surface area contributed by atoms with Crippen LogP contribution in [0.2, 0.25) is 0 Å². The Morgan fingerprint density at radius 2 is 2.00 bits per heavy atom. The molecule has 1 atom stereocenters. The zero-order valence-electron chi connectivity index (χ0n) is 12.2. The molecular formula is C15H21N3O2. The molecule has 0 aromatic heterocycles. The van der Waals surface area contributed by atoms with Crippen molar-refractivity contribution in [2.45, 2.75) is 25.8 Å². The number of amides is 3. The van der Waals surface area contributed by atoms with Crippen LogP contribution >= 0.6 is 0 Å². The maximum Gasteiger partial charge on any atom is 0.322 e. The lowest BCUT2D eigenvalue weighted by Gasteiger charge is -2.26. The smallest absolute Gasteiger partial charge is 0.322 e. The van der Waals surface area contributed by atoms with Crippen LogP contribution in [0, 0.1) is 6.92 Å². The van der Waals surface area contributed by atoms with Crippen molar-refractivity contribution >= 4 is 17.6 Å². The lowest BCUT2D eigenvalue weighted by Crippen LogP contribution is -2.47. The molecule has 1 saturated heterocycles. The lowest BCUT2D eigenvalue weighted by atomic mass is 10.2. The van der Waals surface area contributed by atoms with Crippen molar-refractivity contribution in [1.29, 1.82) is 0 Å². The van der Waals surface area contributed by atoms with Crippen LogP contribution in [0.15, 0.2) is 24.3 Å². The minimum Gasteiger partial charge on any atom is -0.347 e. The van der Waals surface area contributed by atoms with E-state index in [9.17, 15) is 9.59 Å². The zero-order chi connectivity index (χ0) is 14.7. The Bertz CT molecular complexity index is 514. The molecular weight excluding hydrogens is 254 g/mol. The maximum atomic E-state index is 12.3. The van der Waals surface area contributed by atoms with Crippen LogP contribution in [0.25, 0.3) is 0 Å². The van der Waals surface area contributed by atoms with Crippen molar-refractivity contribution in [2.24, 2.45) is 0 Å². The van der Waals surface area contributed by atoms with Gasteiger partial charge in [-0.25, -0.2) is 4.79 Å². The first kappa shape index (κ1) is 14.4. The molecule has 3 amide bonds. The van der Waals surface area contributed by atoms with Crippen molar-refractivity contribution in [3.05, 3.63) is 29.8 Å². The van der Waals surface area contributed by atoms with Gasteiger partial charge >= 0.3 is 6.03 Å². The van der Waals surface area contributed by atoms with E-state index in [2.05, 4.69) is 5.32 Å². The number of urea groups is 1. The topological polar surface area (TPSA) is 52.7 Å². The first-order valence-electron chi connectivity index (χ1n) is 6.85. The summed E-state index contributed by atoms with van der Waals surface area (Å²) in [5.41, 5.74) is 1.80. The Labute approximate surface area is 119 Å². The maximum absolute atomic E-state index is 12.3. The van der Waals surface area contributed by atoms with Gasteiger partial charge in [-0.2, -0.15) is 0 Å². The molecule has 1 aromatic carbocycles. The quantitative estimate of drug-likeness (QED) is 0.898. The van der Waals surface area contributed by atoms with Gasteiger partial charge in [0.05, 0.1) is 0 Å². The van der Waals surface area contributed by atoms with Gasteiger partial charge in [-0.05, 0) is 31.4 Å². The summed E-state index contributed by atoms with van der Waals surface area (Å²) in [4.78, 5) is 27.6. The largest absolute Gasteiger partial charge is 0.347 e. The molecule has 1 aliphatic rings. The summed E-state index contributed by atoms with van der Waals surface area (Å²) in [6.45, 7) is 2.57. The van der Waals surface area contributed by atoms with E-state index in [0.29, 0.717) is 6.54 Å². The van der Waals surface area contributed by atoms with Crippen molar-refractivity contribution in [1.82, 2.24) is 9.80 Å². The second-order valence-electron chi connectivity index (χ2n) is 5.33. The number of benzene rings is 1. The monoisotopic (exact) mass is 275 g/mol. The number of likely N-dealkylation sites (N-methyl/N-ethyl adjacent to an activating group) is 1. The van der Waals surface area contributed by atoms with Gasteiger partial charge in [-0.3, -0.25) is 4.79 Å². The van der Waals surface area contributed by atoms with Crippen LogP contribution in [-0.2, 0) is 4.79 Å². The van der Waals surface area contributed by atoms with Crippen LogP contribution in [0.1, 0.15) is 18.4 Å². The van der Waals surface area contributed by atoms with Crippen molar-refractivity contribution in [3.8, 4) is 0 Å². The first-order chi connectivity index (χ1) is 9.50. The van der Waals surface area contributed by atoms with Gasteiger partial charge in [0.1, 0.15) is 6.04 Å². The Hall–Kier alpha value is -2.04. The number of likely N-dealkylation sites (tertiary alicyclic amines) is 1. The summed E-state index contributed by atoms with van der Waals surface area (Å²) in [5, 5.41) is 2.89. The summed E-state index contributed by atoms with van der Waals surface area (Å²) < 4.78 is 0. The van der Waals surface area contributed by atoms with Gasteiger partial charge in [-0.1, -0.05) is 18.2 Å². The van der Waals surface area contributed by atoms with E-state index in [4.69, 9.17) is 0 Å². The Morgan fingerprint density at radius 1 is 1.30 bits per heavy atom. The number of anilines is 1. The number of aryl methyl sites for hydroxylation is 1. The average molecular weight is 275 g/mol. The molecule has 20 heavy (non-hydrogen) atoms. The van der Waals surface area contributed by atoms with Crippen molar-refractivity contribution < 1.29 is 9.59 Å². The molecule has 1 aromatic rings. The first-order valence-corrected chi connectivity index (χ1v) is 6.85. The summed E-state index contributed by atoms with van der Waals surface area (Å²) >= 11 is 0. The van der Waals surface area contributed by atoms with Crippen LogP contribution in [0.4, 0.5) is 10.5 Å². The SMILES string of the molecule is Cc1ccccc1NC(=O)N1CCC[C@H]1C(=O)N(C)C. The minimum atomic E-state index is -0.339. The van der Waals surface area contributed by atoms with E-state index < -0.39 is 0 Å². The van der Waals surface area contributed by atoms with Crippen LogP contribution in [-0.4, -0.2) is 48.4 Å². The fraction of sp³-hybridized carbons (Fsp3) is 0.467. The molecule has 1 N–H and O–H groups in total. The van der Waals surface area contributed by atoms with Crippen LogP contribution in [0.5, 0.6) is 0 Å². The molecule has 1 heterocycles. The molecule has 0 unspecified atom stereocenters. The molecule has 1 fully saturated rings. The van der Waals surface area contributed by atoms with E-state index in [1.165, 1.54) is 0 Å². The third-order valence-electron chi connectivity index (χ3n) is 3.63. The average Bonchev–Trinajstić information content (AvgIpc) is 2.89. The number of hydrogen-bond donors (Lipinski definition) is 1. The number of carbonyl (C=O) groups is 2. The van der Waals surface area contributed by atoms with Gasteiger partial charge in [0.25, 0.3) is 0 Å². The molecule has 0 aliphatic carbocycles. The number of carbonyl (C=O) groups excluding carboxylic acids is 2. The van der Waals surface area contributed by atoms with Gasteiger partial charge in [0.15, 0.2) is 0 Å². The fourth-order valence-corrected chi connectivity index (χ4v) is 2.46. The van der Waals surface area contributed by atoms with Gasteiger partial charge in [0.2, 0.25) is 5.91 Å². The summed E-state index contributed by atoms with van der Waals surface area (Å²) in [7, 11) is 3.44. The van der Waals surface area contributed by atoms with Gasteiger partial charge < -0.3 is 15.1 Å². The Morgan fingerprint density at radius 3 is 2.65 bits per heavy atom. The number of rotatable bonds is 2. The predicted octanol–water partition coefficient (Wildman–Crippen LogP) is 2.08.